The van der Waals surface area contributed by atoms with Gasteiger partial charge in [-0.15, -0.1) is 0 Å². The minimum Gasteiger partial charge on any atom is -0.492 e. The summed E-state index contributed by atoms with van der Waals surface area (Å²) in [5, 5.41) is 10.5. The zero-order valence-electron chi connectivity index (χ0n) is 11.4. The minimum absolute atomic E-state index is 0.00502. The molecule has 1 aromatic rings. The Kier molecular flexibility index (Phi) is 4.23. The second-order valence-electron chi connectivity index (χ2n) is 5.57. The Morgan fingerprint density at radius 1 is 1.39 bits per heavy atom. The van der Waals surface area contributed by atoms with Gasteiger partial charge in [0.1, 0.15) is 5.75 Å². The van der Waals surface area contributed by atoms with Crippen LogP contribution in [0.2, 0.25) is 0 Å². The van der Waals surface area contributed by atoms with E-state index >= 15 is 0 Å². The third-order valence-electron chi connectivity index (χ3n) is 3.93. The highest BCUT2D eigenvalue weighted by molar-refractivity contribution is 5.26. The van der Waals surface area contributed by atoms with Crippen LogP contribution in [0.4, 0.5) is 0 Å². The van der Waals surface area contributed by atoms with Crippen LogP contribution in [-0.2, 0) is 0 Å². The molecule has 0 saturated heterocycles. The van der Waals surface area contributed by atoms with Crippen molar-refractivity contribution in [2.45, 2.75) is 52.1 Å². The average Bonchev–Trinajstić information content (AvgIpc) is 2.84. The molecule has 100 valence electrons. The average molecular weight is 249 g/mol. The van der Waals surface area contributed by atoms with Gasteiger partial charge < -0.3 is 9.84 Å². The van der Waals surface area contributed by atoms with Crippen molar-refractivity contribution in [2.24, 2.45) is 5.41 Å². The number of aromatic nitrogens is 1. The van der Waals surface area contributed by atoms with Gasteiger partial charge in [-0.05, 0) is 30.7 Å². The summed E-state index contributed by atoms with van der Waals surface area (Å²) >= 11 is 0. The van der Waals surface area contributed by atoms with Gasteiger partial charge in [-0.1, -0.05) is 26.7 Å². The number of hydrogen-bond acceptors (Lipinski definition) is 3. The van der Waals surface area contributed by atoms with Crippen molar-refractivity contribution in [3.63, 3.8) is 0 Å². The first-order chi connectivity index (χ1) is 8.65. The zero-order chi connectivity index (χ0) is 13.0. The van der Waals surface area contributed by atoms with Crippen LogP contribution in [0.25, 0.3) is 0 Å². The molecule has 3 nitrogen and oxygen atoms in total. The van der Waals surface area contributed by atoms with E-state index in [9.17, 15) is 5.11 Å². The molecule has 0 radical (unpaired) electrons. The van der Waals surface area contributed by atoms with E-state index in [1.54, 1.807) is 12.4 Å². The molecule has 1 N–H and O–H groups in total. The third kappa shape index (κ3) is 2.83. The number of rotatable bonds is 5. The fourth-order valence-electron chi connectivity index (χ4n) is 2.74. The summed E-state index contributed by atoms with van der Waals surface area (Å²) in [5.74, 6) is 0.759. The van der Waals surface area contributed by atoms with Crippen molar-refractivity contribution >= 4 is 0 Å². The molecule has 1 aliphatic carbocycles. The number of pyridine rings is 1. The Hall–Kier alpha value is -1.09. The summed E-state index contributed by atoms with van der Waals surface area (Å²) in [7, 11) is 0. The largest absolute Gasteiger partial charge is 0.492 e. The van der Waals surface area contributed by atoms with Crippen molar-refractivity contribution < 1.29 is 9.84 Å². The lowest BCUT2D eigenvalue weighted by atomic mass is 9.80. The van der Waals surface area contributed by atoms with Gasteiger partial charge in [-0.2, -0.15) is 0 Å². The summed E-state index contributed by atoms with van der Waals surface area (Å²) in [6, 6.07) is 1.93. The van der Waals surface area contributed by atoms with Gasteiger partial charge in [0.2, 0.25) is 0 Å². The first-order valence-electron chi connectivity index (χ1n) is 6.91. The van der Waals surface area contributed by atoms with Crippen LogP contribution < -0.4 is 4.74 Å². The second kappa shape index (κ2) is 5.70. The number of aliphatic hydroxyl groups excluding tert-OH is 1. The van der Waals surface area contributed by atoms with Crippen molar-refractivity contribution in [3.05, 3.63) is 24.0 Å². The molecule has 1 fully saturated rings. The normalized spacial score (nSPS) is 19.7. The predicted octanol–water partition coefficient (Wildman–Crippen LogP) is 3.48. The fourth-order valence-corrected chi connectivity index (χ4v) is 2.74. The molecular formula is C15H23NO2. The van der Waals surface area contributed by atoms with Crippen molar-refractivity contribution in [1.29, 1.82) is 0 Å². The van der Waals surface area contributed by atoms with E-state index < -0.39 is 6.10 Å². The lowest BCUT2D eigenvalue weighted by Gasteiger charge is -2.30. The molecule has 1 aromatic heterocycles. The smallest absolute Gasteiger partial charge is 0.137 e. The van der Waals surface area contributed by atoms with E-state index in [0.717, 1.165) is 30.6 Å². The number of aliphatic hydroxyl groups is 1. The standard InChI is InChI=1S/C15H23NO2/c1-3-8-18-13-9-12(10-16-11-13)14(17)15(2)6-4-5-7-15/h9-11,14,17H,3-8H2,1-2H3. The number of ether oxygens (including phenoxy) is 1. The molecule has 0 amide bonds. The summed E-state index contributed by atoms with van der Waals surface area (Å²) in [6.45, 7) is 4.94. The van der Waals surface area contributed by atoms with Gasteiger partial charge in [0, 0.05) is 11.8 Å². The van der Waals surface area contributed by atoms with Crippen LogP contribution in [0.15, 0.2) is 18.5 Å². The van der Waals surface area contributed by atoms with Gasteiger partial charge in [-0.3, -0.25) is 4.98 Å². The Morgan fingerprint density at radius 2 is 2.11 bits per heavy atom. The van der Waals surface area contributed by atoms with Gasteiger partial charge in [0.05, 0.1) is 18.9 Å². The Labute approximate surface area is 109 Å². The maximum absolute atomic E-state index is 10.5. The molecule has 3 heteroatoms. The van der Waals surface area contributed by atoms with Gasteiger partial charge in [-0.25, -0.2) is 0 Å². The molecule has 2 rings (SSSR count). The number of hydrogen-bond donors (Lipinski definition) is 1. The van der Waals surface area contributed by atoms with E-state index in [4.69, 9.17) is 4.74 Å². The Morgan fingerprint density at radius 3 is 2.78 bits per heavy atom. The van der Waals surface area contributed by atoms with Crippen LogP contribution in [0.3, 0.4) is 0 Å². The molecule has 0 spiro atoms. The van der Waals surface area contributed by atoms with Crippen LogP contribution in [0.1, 0.15) is 57.6 Å². The van der Waals surface area contributed by atoms with Crippen molar-refractivity contribution in [1.82, 2.24) is 4.98 Å². The van der Waals surface area contributed by atoms with Crippen LogP contribution >= 0.6 is 0 Å². The highest BCUT2D eigenvalue weighted by Crippen LogP contribution is 2.47. The first kappa shape index (κ1) is 13.3. The maximum atomic E-state index is 10.5. The highest BCUT2D eigenvalue weighted by atomic mass is 16.5. The van der Waals surface area contributed by atoms with E-state index in [2.05, 4.69) is 18.8 Å². The fraction of sp³-hybridized carbons (Fsp3) is 0.667. The summed E-state index contributed by atoms with van der Waals surface area (Å²) in [4.78, 5) is 4.18. The third-order valence-corrected chi connectivity index (χ3v) is 3.93. The minimum atomic E-state index is -0.433. The molecule has 18 heavy (non-hydrogen) atoms. The van der Waals surface area contributed by atoms with E-state index in [0.29, 0.717) is 6.61 Å². The van der Waals surface area contributed by atoms with Crippen LogP contribution in [0, 0.1) is 5.41 Å². The van der Waals surface area contributed by atoms with Crippen LogP contribution in [-0.4, -0.2) is 16.7 Å². The Bertz CT molecular complexity index is 386. The topological polar surface area (TPSA) is 42.4 Å². The summed E-state index contributed by atoms with van der Waals surface area (Å²) < 4.78 is 5.57. The molecule has 0 aromatic carbocycles. The lowest BCUT2D eigenvalue weighted by molar-refractivity contribution is 0.0403. The highest BCUT2D eigenvalue weighted by Gasteiger charge is 2.37. The molecule has 1 saturated carbocycles. The predicted molar refractivity (Wildman–Crippen MR) is 71.6 cm³/mol. The monoisotopic (exact) mass is 249 g/mol. The first-order valence-corrected chi connectivity index (χ1v) is 6.91. The van der Waals surface area contributed by atoms with Crippen molar-refractivity contribution in [2.75, 3.05) is 6.61 Å². The van der Waals surface area contributed by atoms with E-state index in [1.165, 1.54) is 12.8 Å². The summed E-state index contributed by atoms with van der Waals surface area (Å²) in [6.07, 6.45) is 8.63. The SMILES string of the molecule is CCCOc1cncc(C(O)C2(C)CCCC2)c1. The molecule has 0 bridgehead atoms. The zero-order valence-corrected chi connectivity index (χ0v) is 11.4. The second-order valence-corrected chi connectivity index (χ2v) is 5.57. The maximum Gasteiger partial charge on any atom is 0.137 e. The molecular weight excluding hydrogens is 226 g/mol. The van der Waals surface area contributed by atoms with Gasteiger partial charge in [0.15, 0.2) is 0 Å². The van der Waals surface area contributed by atoms with Crippen molar-refractivity contribution in [3.8, 4) is 5.75 Å². The molecule has 1 heterocycles. The molecule has 0 aliphatic heterocycles. The van der Waals surface area contributed by atoms with E-state index in [1.807, 2.05) is 6.07 Å². The lowest BCUT2D eigenvalue weighted by Crippen LogP contribution is -2.22. The quantitative estimate of drug-likeness (QED) is 0.868. The summed E-state index contributed by atoms with van der Waals surface area (Å²) in [5.41, 5.74) is 0.887. The Balaban J connectivity index is 2.12. The molecule has 1 atom stereocenters. The molecule has 1 unspecified atom stereocenters. The van der Waals surface area contributed by atoms with Gasteiger partial charge in [0.25, 0.3) is 0 Å². The molecule has 1 aliphatic rings. The number of nitrogens with zero attached hydrogens (tertiary/aromatic N) is 1. The van der Waals surface area contributed by atoms with Gasteiger partial charge >= 0.3 is 0 Å². The van der Waals surface area contributed by atoms with Crippen LogP contribution in [0.5, 0.6) is 5.75 Å². The van der Waals surface area contributed by atoms with E-state index in [-0.39, 0.29) is 5.41 Å².